The second-order valence-corrected chi connectivity index (χ2v) is 2.79. The van der Waals surface area contributed by atoms with Crippen LogP contribution >= 0.6 is 0 Å². The molecule has 0 heterocycles. The maximum Gasteiger partial charge on any atom is 0.254 e. The zero-order valence-electron chi connectivity index (χ0n) is 8.53. The number of nitrogens with one attached hydrogen (secondary N) is 1. The molecule has 1 rings (SSSR count). The Hall–Kier alpha value is -1.59. The molecule has 3 N–H and O–H groups in total. The first-order valence-electron chi connectivity index (χ1n) is 4.55. The Balaban J connectivity index is 2.73. The lowest BCUT2D eigenvalue weighted by Gasteiger charge is -2.09. The van der Waals surface area contributed by atoms with Crippen LogP contribution in [-0.2, 0) is 4.84 Å². The van der Waals surface area contributed by atoms with Crippen LogP contribution in [0.15, 0.2) is 24.3 Å². The van der Waals surface area contributed by atoms with Gasteiger partial charge in [0.1, 0.15) is 19.0 Å². The number of hydrogen-bond acceptors (Lipinski definition) is 4. The predicted molar refractivity (Wildman–Crippen MR) is 55.5 cm³/mol. The van der Waals surface area contributed by atoms with Crippen LogP contribution in [0, 0.1) is 0 Å². The highest BCUT2D eigenvalue weighted by Gasteiger charge is 2.09. The van der Waals surface area contributed by atoms with Gasteiger partial charge in [0, 0.05) is 7.05 Å². The Kier molecular flexibility index (Phi) is 4.59. The molecule has 0 bridgehead atoms. The topological polar surface area (TPSA) is 73.6 Å². The van der Waals surface area contributed by atoms with E-state index in [1.807, 2.05) is 0 Å². The second kappa shape index (κ2) is 6.00. The first kappa shape index (κ1) is 11.5. The molecule has 0 saturated carbocycles. The first-order valence-corrected chi connectivity index (χ1v) is 4.55. The number of rotatable bonds is 5. The highest BCUT2D eigenvalue weighted by Crippen LogP contribution is 2.17. The lowest BCUT2D eigenvalue weighted by atomic mass is 10.2. The van der Waals surface area contributed by atoms with E-state index in [2.05, 4.69) is 10.2 Å². The normalized spacial score (nSPS) is 9.73. The summed E-state index contributed by atoms with van der Waals surface area (Å²) in [5, 5.41) is 2.54. The fourth-order valence-electron chi connectivity index (χ4n) is 1.11. The largest absolute Gasteiger partial charge is 0.490 e. The summed E-state index contributed by atoms with van der Waals surface area (Å²) >= 11 is 0. The van der Waals surface area contributed by atoms with Gasteiger partial charge >= 0.3 is 0 Å². The summed E-state index contributed by atoms with van der Waals surface area (Å²) in [5.41, 5.74) is 0.497. The Morgan fingerprint density at radius 2 is 2.13 bits per heavy atom. The average molecular weight is 210 g/mol. The van der Waals surface area contributed by atoms with Crippen molar-refractivity contribution in [2.24, 2.45) is 5.90 Å². The van der Waals surface area contributed by atoms with Crippen LogP contribution in [0.2, 0.25) is 0 Å². The highest BCUT2D eigenvalue weighted by molar-refractivity contribution is 5.96. The van der Waals surface area contributed by atoms with Crippen molar-refractivity contribution in [2.75, 3.05) is 20.3 Å². The van der Waals surface area contributed by atoms with Crippen molar-refractivity contribution in [3.05, 3.63) is 29.8 Å². The molecule has 1 aromatic carbocycles. The van der Waals surface area contributed by atoms with E-state index in [1.165, 1.54) is 0 Å². The number of ether oxygens (including phenoxy) is 1. The summed E-state index contributed by atoms with van der Waals surface area (Å²) in [6.45, 7) is 0.590. The number of carbonyl (C=O) groups is 1. The van der Waals surface area contributed by atoms with Gasteiger partial charge in [-0.25, -0.2) is 5.90 Å². The van der Waals surface area contributed by atoms with E-state index in [0.29, 0.717) is 17.9 Å². The number of nitrogens with two attached hydrogens (primary N) is 1. The first-order chi connectivity index (χ1) is 7.29. The van der Waals surface area contributed by atoms with E-state index < -0.39 is 0 Å². The van der Waals surface area contributed by atoms with Crippen molar-refractivity contribution in [3.8, 4) is 5.75 Å². The van der Waals surface area contributed by atoms with E-state index in [9.17, 15) is 4.79 Å². The van der Waals surface area contributed by atoms with Crippen LogP contribution in [0.1, 0.15) is 10.4 Å². The molecular formula is C10H14N2O3. The van der Waals surface area contributed by atoms with Crippen LogP contribution in [0.25, 0.3) is 0 Å². The lowest BCUT2D eigenvalue weighted by molar-refractivity contribution is 0.0934. The van der Waals surface area contributed by atoms with Gasteiger partial charge in [0.05, 0.1) is 5.56 Å². The Labute approximate surface area is 88.1 Å². The maximum absolute atomic E-state index is 11.4. The molecule has 0 unspecified atom stereocenters. The molecule has 0 fully saturated rings. The van der Waals surface area contributed by atoms with E-state index in [1.54, 1.807) is 31.3 Å². The van der Waals surface area contributed by atoms with Gasteiger partial charge in [-0.05, 0) is 12.1 Å². The van der Waals surface area contributed by atoms with Crippen LogP contribution in [0.3, 0.4) is 0 Å². The van der Waals surface area contributed by atoms with Gasteiger partial charge < -0.3 is 14.9 Å². The number of carbonyl (C=O) groups excluding carboxylic acids is 1. The third-order valence-electron chi connectivity index (χ3n) is 1.82. The average Bonchev–Trinajstić information content (AvgIpc) is 2.29. The fourth-order valence-corrected chi connectivity index (χ4v) is 1.11. The quantitative estimate of drug-likeness (QED) is 0.542. The summed E-state index contributed by atoms with van der Waals surface area (Å²) in [7, 11) is 1.57. The molecule has 0 atom stereocenters. The molecule has 1 amide bonds. The van der Waals surface area contributed by atoms with Crippen LogP contribution in [0.5, 0.6) is 5.75 Å². The van der Waals surface area contributed by atoms with Crippen molar-refractivity contribution in [2.45, 2.75) is 0 Å². The molecule has 0 aromatic heterocycles. The maximum atomic E-state index is 11.4. The number of para-hydroxylation sites is 1. The number of hydrogen-bond donors (Lipinski definition) is 2. The molecule has 5 heteroatoms. The minimum atomic E-state index is -0.181. The SMILES string of the molecule is CNC(=O)c1ccccc1OCCON. The zero-order valence-corrected chi connectivity index (χ0v) is 8.53. The number of benzene rings is 1. The van der Waals surface area contributed by atoms with Crippen LogP contribution in [-0.4, -0.2) is 26.2 Å². The minimum absolute atomic E-state index is 0.181. The van der Waals surface area contributed by atoms with Gasteiger partial charge in [-0.1, -0.05) is 12.1 Å². The molecule has 5 nitrogen and oxygen atoms in total. The van der Waals surface area contributed by atoms with Crippen molar-refractivity contribution in [3.63, 3.8) is 0 Å². The Morgan fingerprint density at radius 3 is 2.80 bits per heavy atom. The molecule has 0 aliphatic heterocycles. The minimum Gasteiger partial charge on any atom is -0.490 e. The summed E-state index contributed by atoms with van der Waals surface area (Å²) in [6, 6.07) is 6.99. The third-order valence-corrected chi connectivity index (χ3v) is 1.82. The number of amides is 1. The molecular weight excluding hydrogens is 196 g/mol. The molecule has 0 aliphatic carbocycles. The second-order valence-electron chi connectivity index (χ2n) is 2.79. The van der Waals surface area contributed by atoms with Gasteiger partial charge in [-0.3, -0.25) is 4.79 Å². The lowest BCUT2D eigenvalue weighted by Crippen LogP contribution is -2.19. The molecule has 0 saturated heterocycles. The van der Waals surface area contributed by atoms with E-state index in [0.717, 1.165) is 0 Å². The van der Waals surface area contributed by atoms with Crippen LogP contribution in [0.4, 0.5) is 0 Å². The summed E-state index contributed by atoms with van der Waals surface area (Å²) < 4.78 is 5.33. The van der Waals surface area contributed by atoms with Gasteiger partial charge in [0.15, 0.2) is 0 Å². The molecule has 82 valence electrons. The van der Waals surface area contributed by atoms with Crippen LogP contribution < -0.4 is 16.0 Å². The molecule has 0 radical (unpaired) electrons. The summed E-state index contributed by atoms with van der Waals surface area (Å²) in [6.07, 6.45) is 0. The van der Waals surface area contributed by atoms with Crippen molar-refractivity contribution >= 4 is 5.91 Å². The van der Waals surface area contributed by atoms with Gasteiger partial charge in [0.2, 0.25) is 0 Å². The van der Waals surface area contributed by atoms with Crippen molar-refractivity contribution in [1.29, 1.82) is 0 Å². The molecule has 1 aromatic rings. The highest BCUT2D eigenvalue weighted by atomic mass is 16.6. The van der Waals surface area contributed by atoms with Gasteiger partial charge in [-0.15, -0.1) is 0 Å². The standard InChI is InChI=1S/C10H14N2O3/c1-12-10(13)8-4-2-3-5-9(8)14-6-7-15-11/h2-5H,6-7,11H2,1H3,(H,12,13). The molecule has 0 spiro atoms. The molecule has 15 heavy (non-hydrogen) atoms. The fraction of sp³-hybridized carbons (Fsp3) is 0.300. The summed E-state index contributed by atoms with van der Waals surface area (Å²) in [5.74, 6) is 5.20. The summed E-state index contributed by atoms with van der Waals surface area (Å²) in [4.78, 5) is 15.8. The Bertz CT molecular complexity index is 328. The third kappa shape index (κ3) is 3.23. The smallest absolute Gasteiger partial charge is 0.254 e. The zero-order chi connectivity index (χ0) is 11.1. The van der Waals surface area contributed by atoms with Crippen molar-refractivity contribution in [1.82, 2.24) is 5.32 Å². The molecule has 0 aliphatic rings. The van der Waals surface area contributed by atoms with Gasteiger partial charge in [0.25, 0.3) is 5.91 Å². The van der Waals surface area contributed by atoms with E-state index in [-0.39, 0.29) is 12.5 Å². The van der Waals surface area contributed by atoms with E-state index >= 15 is 0 Å². The monoisotopic (exact) mass is 210 g/mol. The Morgan fingerprint density at radius 1 is 1.40 bits per heavy atom. The van der Waals surface area contributed by atoms with Gasteiger partial charge in [-0.2, -0.15) is 0 Å². The van der Waals surface area contributed by atoms with Crippen molar-refractivity contribution < 1.29 is 14.4 Å². The van der Waals surface area contributed by atoms with E-state index in [4.69, 9.17) is 10.6 Å². The predicted octanol–water partition coefficient (Wildman–Crippen LogP) is 0.315.